The van der Waals surface area contributed by atoms with Gasteiger partial charge in [0.15, 0.2) is 19.0 Å². The number of amides is 5. The first-order chi connectivity index (χ1) is 40.3. The third-order valence-electron chi connectivity index (χ3n) is 13.6. The summed E-state index contributed by atoms with van der Waals surface area (Å²) >= 11 is 2.37. The number of carbonyl (C=O) groups excluding carboxylic acids is 7. The number of halogens is 4. The third kappa shape index (κ3) is 15.4. The lowest BCUT2D eigenvalue weighted by atomic mass is 9.92. The van der Waals surface area contributed by atoms with Gasteiger partial charge in [0.2, 0.25) is 11.8 Å². The van der Waals surface area contributed by atoms with Gasteiger partial charge in [-0.1, -0.05) is 64.1 Å². The number of anilines is 2. The van der Waals surface area contributed by atoms with Gasteiger partial charge in [-0.25, -0.2) is 22.4 Å². The van der Waals surface area contributed by atoms with Crippen LogP contribution in [0.2, 0.25) is 0 Å². The quantitative estimate of drug-likeness (QED) is 0.0116. The maximum Gasteiger partial charge on any atom is 0.328 e. The van der Waals surface area contributed by atoms with E-state index in [1.165, 1.54) is 119 Å². The van der Waals surface area contributed by atoms with Crippen molar-refractivity contribution in [2.45, 2.75) is 62.4 Å². The summed E-state index contributed by atoms with van der Waals surface area (Å²) in [5.41, 5.74) is 3.08. The summed E-state index contributed by atoms with van der Waals surface area (Å²) in [7, 11) is 0. The number of hydrogen-bond acceptors (Lipinski definition) is 14. The predicted molar refractivity (Wildman–Crippen MR) is 310 cm³/mol. The molecule has 6 aromatic rings. The zero-order valence-corrected chi connectivity index (χ0v) is 47.6. The van der Waals surface area contributed by atoms with Crippen molar-refractivity contribution in [3.63, 3.8) is 0 Å². The molecule has 0 bridgehead atoms. The summed E-state index contributed by atoms with van der Waals surface area (Å²) in [6, 6.07) is 32.5. The van der Waals surface area contributed by atoms with E-state index >= 15 is 0 Å². The van der Waals surface area contributed by atoms with Gasteiger partial charge < -0.3 is 34.4 Å². The number of nitrogens with one attached hydrogen (secondary N) is 2. The number of thioether (sulfide) groups is 2. The molecule has 2 aliphatic heterocycles. The second-order valence-corrected chi connectivity index (χ2v) is 22.5. The molecule has 0 radical (unpaired) electrons. The molecule has 2 fully saturated rings. The molecule has 6 atom stereocenters. The molecule has 16 nitrogen and oxygen atoms in total. The van der Waals surface area contributed by atoms with E-state index in [9.17, 15) is 56.2 Å². The molecule has 438 valence electrons. The Balaban J connectivity index is 0.789. The Morgan fingerprint density at radius 3 is 1.54 bits per heavy atom. The lowest BCUT2D eigenvalue weighted by Gasteiger charge is -2.47. The number of esters is 1. The van der Waals surface area contributed by atoms with E-state index in [-0.39, 0.29) is 53.7 Å². The largest absolute Gasteiger partial charge is 0.484 e. The fourth-order valence-corrected chi connectivity index (χ4v) is 11.7. The lowest BCUT2D eigenvalue weighted by Crippen LogP contribution is -2.57. The van der Waals surface area contributed by atoms with Crippen LogP contribution in [-0.2, 0) is 33.5 Å². The average molecular weight is 1190 g/mol. The number of aliphatic hydroxyl groups is 1. The van der Waals surface area contributed by atoms with Gasteiger partial charge in [-0.05, 0) is 132 Å². The minimum Gasteiger partial charge on any atom is -0.484 e. The second kappa shape index (κ2) is 28.3. The van der Waals surface area contributed by atoms with Crippen molar-refractivity contribution >= 4 is 81.9 Å². The van der Waals surface area contributed by atoms with E-state index in [2.05, 4.69) is 15.6 Å². The molecule has 8 rings (SSSR count). The van der Waals surface area contributed by atoms with E-state index in [1.807, 2.05) is 0 Å². The van der Waals surface area contributed by atoms with Crippen LogP contribution in [0.1, 0.15) is 72.9 Å². The van der Waals surface area contributed by atoms with Gasteiger partial charge in [0.05, 0.1) is 30.5 Å². The predicted octanol–water partition coefficient (Wildman–Crippen LogP) is 9.12. The number of β-lactam (4-membered cyclic amide) rings is 2. The minimum absolute atomic E-state index is 0.00102. The van der Waals surface area contributed by atoms with Gasteiger partial charge >= 0.3 is 5.97 Å². The average Bonchev–Trinajstić information content (AvgIpc) is 1.66. The molecule has 1 unspecified atom stereocenters. The summed E-state index contributed by atoms with van der Waals surface area (Å²) in [6.45, 7) is 5.36. The summed E-state index contributed by atoms with van der Waals surface area (Å²) in [5.74, 6) is -5.86. The highest BCUT2D eigenvalue weighted by Crippen LogP contribution is 2.47. The van der Waals surface area contributed by atoms with Gasteiger partial charge in [-0.3, -0.25) is 39.1 Å². The Labute approximate surface area is 490 Å². The Morgan fingerprint density at radius 2 is 1.06 bits per heavy atom. The molecule has 84 heavy (non-hydrogen) atoms. The topological polar surface area (TPSA) is 210 Å². The van der Waals surface area contributed by atoms with Crippen LogP contribution in [0.4, 0.5) is 28.9 Å². The molecule has 2 saturated heterocycles. The van der Waals surface area contributed by atoms with Gasteiger partial charge in [-0.2, -0.15) is 0 Å². The van der Waals surface area contributed by atoms with Crippen LogP contribution in [0.25, 0.3) is 0 Å². The number of hydrogen-bond donors (Lipinski definition) is 3. The lowest BCUT2D eigenvalue weighted by molar-refractivity contribution is -0.149. The number of ketones is 1. The summed E-state index contributed by atoms with van der Waals surface area (Å²) in [4.78, 5) is 99.8. The molecule has 0 saturated carbocycles. The van der Waals surface area contributed by atoms with Crippen LogP contribution < -0.4 is 29.9 Å². The van der Waals surface area contributed by atoms with Gasteiger partial charge in [0.25, 0.3) is 17.7 Å². The van der Waals surface area contributed by atoms with Gasteiger partial charge in [0, 0.05) is 28.6 Å². The molecule has 2 aliphatic rings. The first kappa shape index (κ1) is 61.7. The maximum absolute atomic E-state index is 13.8. The van der Waals surface area contributed by atoms with E-state index in [4.69, 9.17) is 14.2 Å². The highest BCUT2D eigenvalue weighted by molar-refractivity contribution is 8.01. The van der Waals surface area contributed by atoms with Crippen LogP contribution >= 0.6 is 23.5 Å². The van der Waals surface area contributed by atoms with Gasteiger partial charge in [0.1, 0.15) is 63.6 Å². The van der Waals surface area contributed by atoms with Crippen molar-refractivity contribution in [1.82, 2.24) is 10.6 Å². The number of ether oxygens (including phenoxy) is 3. The Bertz CT molecular complexity index is 3360. The fourth-order valence-electron chi connectivity index (χ4n) is 9.22. The number of nitrogens with zero attached hydrogens (tertiary/aromatic N) is 3. The monoisotopic (exact) mass is 1190 g/mol. The van der Waals surface area contributed by atoms with Crippen LogP contribution in [-0.4, -0.2) is 107 Å². The molecule has 3 N–H and O–H groups in total. The number of carbonyl (C=O) groups is 7. The zero-order chi connectivity index (χ0) is 60.2. The molecule has 2 heterocycles. The normalized spacial score (nSPS) is 17.4. The molecule has 6 aromatic carbocycles. The SMILES string of the molecule is CC(C)C(=NCCOC(=O)[C@H](NC(=O)COc1ccc([C@@H]2[C@@H](SCC(=O)c3ccc(F)cc3)C(=O)N2c2ccc(F)cc2)cc1)C(C)C)C(=O)NC(=O)COc1ccc([C@@H]2[C@@H](SCC(O)c3ccc(F)cc3)C(=O)N2c2ccc(F)cc2)cc1. The molecule has 5 amide bonds. The Kier molecular flexibility index (Phi) is 20.8. The smallest absolute Gasteiger partial charge is 0.328 e. The molecule has 0 spiro atoms. The van der Waals surface area contributed by atoms with Crippen molar-refractivity contribution in [1.29, 1.82) is 0 Å². The highest BCUT2D eigenvalue weighted by atomic mass is 32.2. The Morgan fingerprint density at radius 1 is 0.607 bits per heavy atom. The van der Waals surface area contributed by atoms with E-state index in [0.717, 1.165) is 11.8 Å². The summed E-state index contributed by atoms with van der Waals surface area (Å²) < 4.78 is 71.5. The van der Waals surface area contributed by atoms with Crippen LogP contribution in [0.15, 0.2) is 151 Å². The standard InChI is InChI=1S/C62H59F4N5O11S2/c1-35(2)53(59(76)69-52(75)32-82-48-27-11-40(12-28-48)56-58(61(78)71(56)46-23-19-44(66)20-24-46)84-34-50(73)38-7-15-42(64)16-8-38)67-29-30-80-62(79)54(36(3)4)68-51(74)31-81-47-25-9-39(10-26-47)55-57(60(77)70(55)45-21-17-43(65)18-22-45)83-33-49(72)37-5-13-41(63)14-6-37/h5-28,35-36,50,54-58,73H,29-34H2,1-4H3,(H,68,74)(H,69,75,76)/t50?,54-,55-,56-,57-,58-/m1/s1. The third-order valence-corrected chi connectivity index (χ3v) is 16.2. The molecule has 22 heteroatoms. The molecule has 0 aliphatic carbocycles. The number of imide groups is 1. The summed E-state index contributed by atoms with van der Waals surface area (Å²) in [5, 5.41) is 14.4. The first-order valence-electron chi connectivity index (χ1n) is 26.7. The van der Waals surface area contributed by atoms with E-state index in [1.54, 1.807) is 76.2 Å². The van der Waals surface area contributed by atoms with Crippen molar-refractivity contribution in [2.24, 2.45) is 16.8 Å². The maximum atomic E-state index is 13.8. The van der Waals surface area contributed by atoms with Crippen LogP contribution in [0, 0.1) is 35.1 Å². The van der Waals surface area contributed by atoms with Crippen molar-refractivity contribution in [2.75, 3.05) is 47.7 Å². The minimum atomic E-state index is -1.08. The Hall–Kier alpha value is -8.34. The number of rotatable bonds is 26. The van der Waals surface area contributed by atoms with Crippen LogP contribution in [0.5, 0.6) is 11.5 Å². The van der Waals surface area contributed by atoms with Crippen molar-refractivity contribution < 1.29 is 70.4 Å². The molecule has 0 aromatic heterocycles. The van der Waals surface area contributed by atoms with Gasteiger partial charge in [-0.15, -0.1) is 23.5 Å². The van der Waals surface area contributed by atoms with E-state index < -0.39 is 107 Å². The van der Waals surface area contributed by atoms with Crippen molar-refractivity contribution in [3.8, 4) is 11.5 Å². The first-order valence-corrected chi connectivity index (χ1v) is 28.8. The van der Waals surface area contributed by atoms with Crippen molar-refractivity contribution in [3.05, 3.63) is 191 Å². The highest BCUT2D eigenvalue weighted by Gasteiger charge is 2.50. The molecular formula is C62H59F4N5O11S2. The molecular weight excluding hydrogens is 1130 g/mol. The summed E-state index contributed by atoms with van der Waals surface area (Å²) in [6.07, 6.45) is -0.974. The second-order valence-electron chi connectivity index (χ2n) is 20.2. The number of aliphatic imine (C=N–C) groups is 1. The fraction of sp³-hybridized carbons (Fsp3) is 0.290. The van der Waals surface area contributed by atoms with E-state index in [0.29, 0.717) is 39.4 Å². The number of benzene rings is 6. The number of Topliss-reactive ketones (excluding diaryl/α,β-unsaturated/α-hetero) is 1. The number of aliphatic hydroxyl groups excluding tert-OH is 1. The zero-order valence-electron chi connectivity index (χ0n) is 45.9. The van der Waals surface area contributed by atoms with Crippen LogP contribution in [0.3, 0.4) is 0 Å².